The number of hydrogen-bond donors (Lipinski definition) is 1. The second kappa shape index (κ2) is 9.05. The van der Waals surface area contributed by atoms with Crippen LogP contribution in [0.2, 0.25) is 0 Å². The average molecular weight is 347 g/mol. The molecule has 0 saturated carbocycles. The highest BCUT2D eigenvalue weighted by molar-refractivity contribution is 5.85. The standard InChI is InChI=1S/C18H25N3O4/c1-14(17(23)25-2)11-21(12-15-7-4-3-5-8-15)16(22)13-20-10-6-9-19-18(20)24/h3-5,7-8,14H,6,9-13H2,1-2H3,(H,19,24)/t14-/m0/s1. The summed E-state index contributed by atoms with van der Waals surface area (Å²) in [5, 5.41) is 2.74. The van der Waals surface area contributed by atoms with E-state index in [-0.39, 0.29) is 31.0 Å². The van der Waals surface area contributed by atoms with E-state index >= 15 is 0 Å². The first kappa shape index (κ1) is 18.8. The largest absolute Gasteiger partial charge is 0.469 e. The summed E-state index contributed by atoms with van der Waals surface area (Å²) in [6.45, 7) is 3.56. The number of rotatable bonds is 7. The molecule has 0 aliphatic carbocycles. The highest BCUT2D eigenvalue weighted by Crippen LogP contribution is 2.11. The van der Waals surface area contributed by atoms with E-state index < -0.39 is 5.92 Å². The number of hydrogen-bond acceptors (Lipinski definition) is 4. The number of carbonyl (C=O) groups excluding carboxylic acids is 3. The molecule has 0 aromatic heterocycles. The predicted octanol–water partition coefficient (Wildman–Crippen LogP) is 1.24. The van der Waals surface area contributed by atoms with E-state index in [1.165, 1.54) is 12.0 Å². The summed E-state index contributed by atoms with van der Waals surface area (Å²) in [6, 6.07) is 9.35. The van der Waals surface area contributed by atoms with Crippen LogP contribution in [0.5, 0.6) is 0 Å². The molecule has 1 N–H and O–H groups in total. The van der Waals surface area contributed by atoms with E-state index in [4.69, 9.17) is 4.74 Å². The predicted molar refractivity (Wildman–Crippen MR) is 92.6 cm³/mol. The van der Waals surface area contributed by atoms with Gasteiger partial charge in [0.15, 0.2) is 0 Å². The average Bonchev–Trinajstić information content (AvgIpc) is 2.63. The van der Waals surface area contributed by atoms with E-state index in [0.717, 1.165) is 12.0 Å². The van der Waals surface area contributed by atoms with Gasteiger partial charge in [0.2, 0.25) is 5.91 Å². The smallest absolute Gasteiger partial charge is 0.317 e. The monoisotopic (exact) mass is 347 g/mol. The van der Waals surface area contributed by atoms with Gasteiger partial charge in [0.25, 0.3) is 0 Å². The van der Waals surface area contributed by atoms with Gasteiger partial charge in [-0.1, -0.05) is 37.3 Å². The van der Waals surface area contributed by atoms with Crippen LogP contribution in [0, 0.1) is 5.92 Å². The van der Waals surface area contributed by atoms with E-state index in [2.05, 4.69) is 5.32 Å². The maximum Gasteiger partial charge on any atom is 0.317 e. The SMILES string of the molecule is COC(=O)[C@@H](C)CN(Cc1ccccc1)C(=O)CN1CCCNC1=O. The summed E-state index contributed by atoms with van der Waals surface area (Å²) in [7, 11) is 1.33. The van der Waals surface area contributed by atoms with Crippen LogP contribution in [0.1, 0.15) is 18.9 Å². The minimum absolute atomic E-state index is 0.00651. The van der Waals surface area contributed by atoms with Gasteiger partial charge in [-0.2, -0.15) is 0 Å². The first-order valence-electron chi connectivity index (χ1n) is 8.43. The van der Waals surface area contributed by atoms with Crippen LogP contribution in [0.3, 0.4) is 0 Å². The van der Waals surface area contributed by atoms with Crippen molar-refractivity contribution in [2.45, 2.75) is 19.9 Å². The Kier molecular flexibility index (Phi) is 6.80. The number of ether oxygens (including phenoxy) is 1. The highest BCUT2D eigenvalue weighted by atomic mass is 16.5. The number of nitrogens with zero attached hydrogens (tertiary/aromatic N) is 2. The van der Waals surface area contributed by atoms with Crippen LogP contribution in [0.25, 0.3) is 0 Å². The van der Waals surface area contributed by atoms with E-state index in [1.807, 2.05) is 30.3 Å². The van der Waals surface area contributed by atoms with Crippen molar-refractivity contribution in [2.24, 2.45) is 5.92 Å². The molecule has 1 heterocycles. The number of carbonyl (C=O) groups is 3. The number of amides is 3. The van der Waals surface area contributed by atoms with Gasteiger partial charge in [0, 0.05) is 26.2 Å². The number of esters is 1. The third-order valence-corrected chi connectivity index (χ3v) is 4.16. The second-order valence-electron chi connectivity index (χ2n) is 6.19. The van der Waals surface area contributed by atoms with Crippen LogP contribution in [0.4, 0.5) is 4.79 Å². The molecule has 136 valence electrons. The first-order chi connectivity index (χ1) is 12.0. The quantitative estimate of drug-likeness (QED) is 0.753. The van der Waals surface area contributed by atoms with Crippen molar-refractivity contribution in [1.82, 2.24) is 15.1 Å². The fourth-order valence-corrected chi connectivity index (χ4v) is 2.76. The van der Waals surface area contributed by atoms with Crippen LogP contribution in [-0.2, 0) is 20.9 Å². The van der Waals surface area contributed by atoms with Gasteiger partial charge in [-0.25, -0.2) is 4.79 Å². The van der Waals surface area contributed by atoms with Crippen molar-refractivity contribution < 1.29 is 19.1 Å². The van der Waals surface area contributed by atoms with Crippen molar-refractivity contribution in [2.75, 3.05) is 33.3 Å². The number of nitrogens with one attached hydrogen (secondary N) is 1. The van der Waals surface area contributed by atoms with Crippen molar-refractivity contribution in [3.8, 4) is 0 Å². The molecule has 0 spiro atoms. The van der Waals surface area contributed by atoms with Gasteiger partial charge < -0.3 is 19.9 Å². The summed E-state index contributed by atoms with van der Waals surface area (Å²) in [4.78, 5) is 39.5. The van der Waals surface area contributed by atoms with Crippen molar-refractivity contribution in [3.63, 3.8) is 0 Å². The topological polar surface area (TPSA) is 79.0 Å². The normalized spacial score (nSPS) is 15.3. The molecule has 0 unspecified atom stereocenters. The van der Waals surface area contributed by atoms with Gasteiger partial charge >= 0.3 is 12.0 Å². The van der Waals surface area contributed by atoms with Crippen molar-refractivity contribution in [3.05, 3.63) is 35.9 Å². The molecule has 1 fully saturated rings. The molecule has 1 saturated heterocycles. The Morgan fingerprint density at radius 1 is 1.32 bits per heavy atom. The molecule has 0 bridgehead atoms. The summed E-state index contributed by atoms with van der Waals surface area (Å²) in [5.74, 6) is -0.980. The molecule has 1 atom stereocenters. The van der Waals surface area contributed by atoms with E-state index in [0.29, 0.717) is 19.6 Å². The molecule has 1 aliphatic heterocycles. The van der Waals surface area contributed by atoms with Crippen LogP contribution in [-0.4, -0.2) is 61.0 Å². The fraction of sp³-hybridized carbons (Fsp3) is 0.500. The summed E-state index contributed by atoms with van der Waals surface area (Å²) < 4.78 is 4.76. The lowest BCUT2D eigenvalue weighted by atomic mass is 10.1. The first-order valence-corrected chi connectivity index (χ1v) is 8.43. The third kappa shape index (κ3) is 5.48. The lowest BCUT2D eigenvalue weighted by Crippen LogP contribution is -2.51. The number of methoxy groups -OCH3 is 1. The van der Waals surface area contributed by atoms with Gasteiger partial charge in [0.1, 0.15) is 6.54 Å². The van der Waals surface area contributed by atoms with Gasteiger partial charge in [-0.15, -0.1) is 0 Å². The molecule has 1 aromatic carbocycles. The van der Waals surface area contributed by atoms with Crippen molar-refractivity contribution >= 4 is 17.9 Å². The molecule has 7 heteroatoms. The van der Waals surface area contributed by atoms with Gasteiger partial charge in [-0.3, -0.25) is 9.59 Å². The molecule has 25 heavy (non-hydrogen) atoms. The zero-order valence-electron chi connectivity index (χ0n) is 14.7. The summed E-state index contributed by atoms with van der Waals surface area (Å²) in [6.07, 6.45) is 0.816. The highest BCUT2D eigenvalue weighted by Gasteiger charge is 2.26. The molecular formula is C18H25N3O4. The summed E-state index contributed by atoms with van der Waals surface area (Å²) >= 11 is 0. The molecule has 1 aromatic rings. The second-order valence-corrected chi connectivity index (χ2v) is 6.19. The maximum absolute atomic E-state index is 12.8. The molecule has 2 rings (SSSR count). The molecular weight excluding hydrogens is 322 g/mol. The molecule has 0 radical (unpaired) electrons. The number of benzene rings is 1. The minimum Gasteiger partial charge on any atom is -0.469 e. The maximum atomic E-state index is 12.8. The Labute approximate surface area is 147 Å². The molecule has 3 amide bonds. The van der Waals surface area contributed by atoms with Gasteiger partial charge in [-0.05, 0) is 12.0 Å². The molecule has 7 nitrogen and oxygen atoms in total. The third-order valence-electron chi connectivity index (χ3n) is 4.16. The Morgan fingerprint density at radius 3 is 2.68 bits per heavy atom. The van der Waals surface area contributed by atoms with Crippen molar-refractivity contribution in [1.29, 1.82) is 0 Å². The van der Waals surface area contributed by atoms with E-state index in [9.17, 15) is 14.4 Å². The Morgan fingerprint density at radius 2 is 2.04 bits per heavy atom. The Hall–Kier alpha value is -2.57. The summed E-state index contributed by atoms with van der Waals surface area (Å²) in [5.41, 5.74) is 0.969. The van der Waals surface area contributed by atoms with Crippen LogP contribution < -0.4 is 5.32 Å². The van der Waals surface area contributed by atoms with Crippen LogP contribution in [0.15, 0.2) is 30.3 Å². The fourth-order valence-electron chi connectivity index (χ4n) is 2.76. The molecule has 1 aliphatic rings. The van der Waals surface area contributed by atoms with E-state index in [1.54, 1.807) is 11.8 Å². The van der Waals surface area contributed by atoms with Gasteiger partial charge in [0.05, 0.1) is 13.0 Å². The Bertz CT molecular complexity index is 606. The zero-order chi connectivity index (χ0) is 18.2. The Balaban J connectivity index is 2.07. The lowest BCUT2D eigenvalue weighted by Gasteiger charge is -2.31. The van der Waals surface area contributed by atoms with Crippen LogP contribution >= 0.6 is 0 Å². The zero-order valence-corrected chi connectivity index (χ0v) is 14.7. The lowest BCUT2D eigenvalue weighted by molar-refractivity contribution is -0.146. The minimum atomic E-state index is -0.437. The number of urea groups is 1.